The summed E-state index contributed by atoms with van der Waals surface area (Å²) in [7, 11) is 6.21. The van der Waals surface area contributed by atoms with Gasteiger partial charge in [0.25, 0.3) is 0 Å². The van der Waals surface area contributed by atoms with Gasteiger partial charge in [-0.1, -0.05) is 60.7 Å². The number of nitrogen functional groups attached to an aromatic ring is 3. The maximum atomic E-state index is 12.8. The molecule has 0 saturated heterocycles. The number of aliphatic carboxylic acids is 2. The number of aromatic nitrogens is 4. The van der Waals surface area contributed by atoms with E-state index in [1.807, 2.05) is 12.1 Å². The minimum absolute atomic E-state index is 0. The van der Waals surface area contributed by atoms with Crippen LogP contribution in [0.4, 0.5) is 85.7 Å². The van der Waals surface area contributed by atoms with Crippen molar-refractivity contribution in [2.45, 2.75) is 112 Å². The van der Waals surface area contributed by atoms with Crippen LogP contribution in [0.1, 0.15) is 91.6 Å². The number of carboxylic acid groups (broad SMARTS) is 2. The zero-order chi connectivity index (χ0) is 85.0. The van der Waals surface area contributed by atoms with Gasteiger partial charge in [0, 0.05) is 52.3 Å². The van der Waals surface area contributed by atoms with Gasteiger partial charge >= 0.3 is 78.4 Å². The number of anilines is 4. The van der Waals surface area contributed by atoms with Crippen LogP contribution >= 0.6 is 23.5 Å². The van der Waals surface area contributed by atoms with Gasteiger partial charge in [0.1, 0.15) is 51.1 Å². The fraction of sp³-hybridized carbons (Fsp3) is 0.406. The van der Waals surface area contributed by atoms with Gasteiger partial charge in [0.2, 0.25) is 11.9 Å². The number of carbonyl (C=O) groups excluding carboxylic acids is 5. The molecule has 11 N–H and O–H groups in total. The summed E-state index contributed by atoms with van der Waals surface area (Å²) in [5.41, 5.74) is 13.4. The Morgan fingerprint density at radius 3 is 1.16 bits per heavy atom. The summed E-state index contributed by atoms with van der Waals surface area (Å²) in [6.07, 6.45) is -14.3. The van der Waals surface area contributed by atoms with Crippen molar-refractivity contribution in [3.8, 4) is 12.1 Å². The van der Waals surface area contributed by atoms with Gasteiger partial charge in [0.15, 0.2) is 28.2 Å². The summed E-state index contributed by atoms with van der Waals surface area (Å²) < 4.78 is 170. The number of benzene rings is 4. The van der Waals surface area contributed by atoms with Crippen LogP contribution in [0.25, 0.3) is 0 Å². The monoisotopic (exact) mass is 1660 g/mol. The number of nitrogens with two attached hydrogens (primary N) is 3. The number of hydrogen-bond donors (Lipinski definition) is 7. The molecule has 0 aliphatic heterocycles. The molecule has 0 radical (unpaired) electrons. The van der Waals surface area contributed by atoms with Crippen molar-refractivity contribution in [3.05, 3.63) is 147 Å². The molecule has 0 aliphatic carbocycles. The molecular weight excluding hydrogens is 1580 g/mol. The Balaban J connectivity index is -0.00000128. The number of halogens is 12. The third kappa shape index (κ3) is 44.0. The van der Waals surface area contributed by atoms with Crippen molar-refractivity contribution in [1.82, 2.24) is 40.4 Å². The number of amides is 2. The molecular formula is C69H85F12N14NaO13S3. The van der Waals surface area contributed by atoms with Crippen molar-refractivity contribution in [1.29, 1.82) is 10.5 Å². The summed E-state index contributed by atoms with van der Waals surface area (Å²) in [6, 6.07) is 22.5. The third-order valence-corrected chi connectivity index (χ3v) is 14.7. The first-order valence-corrected chi connectivity index (χ1v) is 35.4. The Morgan fingerprint density at radius 1 is 0.518 bits per heavy atom. The number of carboxylic acids is 2. The molecule has 0 bridgehead atoms. The van der Waals surface area contributed by atoms with E-state index in [2.05, 4.69) is 30.6 Å². The van der Waals surface area contributed by atoms with Crippen molar-refractivity contribution < 1.29 is 145 Å². The second-order valence-electron chi connectivity index (χ2n) is 24.5. The molecule has 1 unspecified atom stereocenters. The van der Waals surface area contributed by atoms with E-state index in [-0.39, 0.29) is 155 Å². The minimum atomic E-state index is -4.47. The Morgan fingerprint density at radius 2 is 0.857 bits per heavy atom. The molecule has 612 valence electrons. The van der Waals surface area contributed by atoms with E-state index in [4.69, 9.17) is 42.1 Å². The number of nitrogens with one attached hydrogen (secondary N) is 2. The standard InChI is InChI=1S/C17H16F3N5OS.C16H20F3NO3.C11H12F3NO.C8H15NO4.C7H6F3N.C7H8N4OS2.C3H7NO2.Na.H2O/c1-25(14-13(8-21)15(27-2)24-16(22)23-14)9-12(26)7-10-4-3-5-11(6-10)17(18,19)20;1-15(2,3)23-14(22)20(4)10-13(21)9-11-6-5-7-12(8-11)16(17,18)19;1-15-7-10(16)6-8-3-2-4-9(5-8)11(12,13)14;1-8(2,3)13-7(12)9(4)5-6(10)11;8-7(9,10)5-2-1-3-6(11)4-5;1-13-5-4(3-8)6(14(2)12)11-7(9)10-5;1-4-2-3(5)6;;/h3-6H,7,9H2,1-2H3,(H2,22,23,24);5-8H,9-10H2,1-4H3;2-5,15H,6-7H2,1H3;5H2,1-4H3,(H,10,11);1-4H,11H2;1-2H3,(H2,9,10,11);4H,2H2,1H3,(H,5,6);;1H2/q;;;;;;;+1;/p-1. The van der Waals surface area contributed by atoms with Gasteiger partial charge in [-0.2, -0.15) is 68.2 Å². The average molecular weight is 1670 g/mol. The van der Waals surface area contributed by atoms with Crippen LogP contribution in [0.15, 0.2) is 112 Å². The molecule has 0 fully saturated rings. The first-order chi connectivity index (χ1) is 50.5. The molecule has 43 heteroatoms. The number of thioether (sulfide) groups is 2. The quantitative estimate of drug-likeness (QED) is 0.0124. The predicted octanol–water partition coefficient (Wildman–Crippen LogP) is 8.37. The first-order valence-electron chi connectivity index (χ1n) is 31.4. The van der Waals surface area contributed by atoms with Gasteiger partial charge < -0.3 is 67.7 Å². The van der Waals surface area contributed by atoms with E-state index in [0.717, 1.165) is 58.3 Å². The number of ketones is 3. The summed E-state index contributed by atoms with van der Waals surface area (Å²) in [5, 5.41) is 40.6. The van der Waals surface area contributed by atoms with Gasteiger partial charge in [-0.15, -0.1) is 23.5 Å². The third-order valence-electron chi connectivity index (χ3n) is 12.5. The van der Waals surface area contributed by atoms with Crippen LogP contribution < -0.4 is 62.3 Å². The van der Waals surface area contributed by atoms with Crippen LogP contribution in [-0.4, -0.2) is 189 Å². The topological polar surface area (TPSA) is 436 Å². The molecule has 112 heavy (non-hydrogen) atoms. The zero-order valence-corrected chi connectivity index (χ0v) is 67.8. The number of nitrogens with zero attached hydrogens (tertiary/aromatic N) is 9. The van der Waals surface area contributed by atoms with E-state index >= 15 is 0 Å². The SMILES string of the molecule is CN(CC(=O)Cc1cccc(C(F)(F)F)c1)C(=O)OC(C)(C)C.CN(CC(=O)O)C(=O)OC(C)(C)C.CNCC(=O)Cc1cccc(C(F)(F)F)c1.CNCC(=O)O.CSc1nc(N)nc(N(C)CC(=O)Cc2cccc(C(F)(F)F)c2)c1C#N.CSc1nc(N)nc(S(C)=O)c1C#N.Nc1cccc(C(F)(F)F)c1.[Na+].[OH-]. The van der Waals surface area contributed by atoms with Crippen molar-refractivity contribution in [2.24, 2.45) is 0 Å². The Labute approximate surface area is 671 Å². The predicted molar refractivity (Wildman–Crippen MR) is 391 cm³/mol. The Kier molecular flexibility index (Phi) is 47.5. The number of rotatable bonds is 20. The average Bonchev–Trinajstić information content (AvgIpc) is 0.822. The number of Topliss-reactive ketones (excluding diaryl/α,β-unsaturated/α-hetero) is 3. The van der Waals surface area contributed by atoms with Gasteiger partial charge in [-0.25, -0.2) is 24.5 Å². The zero-order valence-electron chi connectivity index (χ0n) is 63.3. The molecule has 4 aromatic carbocycles. The molecule has 1 atom stereocenters. The fourth-order valence-electron chi connectivity index (χ4n) is 7.96. The molecule has 6 rings (SSSR count). The normalized spacial score (nSPS) is 11.1. The van der Waals surface area contributed by atoms with E-state index in [0.29, 0.717) is 15.6 Å². The first kappa shape index (κ1) is 107. The van der Waals surface area contributed by atoms with Crippen LogP contribution in [-0.2, 0) is 88.2 Å². The van der Waals surface area contributed by atoms with Gasteiger partial charge in [0.05, 0.1) is 59.2 Å². The second kappa shape index (κ2) is 49.9. The molecule has 27 nitrogen and oxygen atoms in total. The van der Waals surface area contributed by atoms with Gasteiger partial charge in [-0.05, 0) is 121 Å². The summed E-state index contributed by atoms with van der Waals surface area (Å²) in [5.74, 6) is -2.52. The van der Waals surface area contributed by atoms with Crippen LogP contribution in [0, 0.1) is 22.7 Å². The van der Waals surface area contributed by atoms with E-state index in [9.17, 15) is 95.7 Å². The second-order valence-corrected chi connectivity index (χ2v) is 27.4. The summed E-state index contributed by atoms with van der Waals surface area (Å²) in [6.45, 7) is 9.74. The van der Waals surface area contributed by atoms with E-state index < -0.39 is 93.1 Å². The largest absolute Gasteiger partial charge is 1.00 e. The minimum Gasteiger partial charge on any atom is -0.870 e. The molecule has 2 amide bonds. The number of ether oxygens (including phenoxy) is 2. The van der Waals surface area contributed by atoms with Crippen molar-refractivity contribution >= 4 is 99.2 Å². The van der Waals surface area contributed by atoms with E-state index in [1.54, 1.807) is 75.2 Å². The van der Waals surface area contributed by atoms with E-state index in [1.165, 1.54) is 97.3 Å². The van der Waals surface area contributed by atoms with Gasteiger partial charge in [-0.3, -0.25) is 28.2 Å². The summed E-state index contributed by atoms with van der Waals surface area (Å²) >= 11 is 2.50. The summed E-state index contributed by atoms with van der Waals surface area (Å²) in [4.78, 5) is 97.3. The molecule has 0 saturated carbocycles. The number of hydrogen-bond acceptors (Lipinski definition) is 25. The van der Waals surface area contributed by atoms with Crippen LogP contribution in [0.3, 0.4) is 0 Å². The molecule has 2 heterocycles. The maximum absolute atomic E-state index is 12.8. The molecule has 0 aliphatic rings. The van der Waals surface area contributed by atoms with Crippen LogP contribution in [0.2, 0.25) is 0 Å². The molecule has 2 aromatic heterocycles. The number of nitriles is 2. The fourth-order valence-corrected chi connectivity index (χ4v) is 9.74. The number of alkyl halides is 12. The van der Waals surface area contributed by atoms with Crippen molar-refractivity contribution in [2.75, 3.05) is 109 Å². The number of likely N-dealkylation sites (N-methyl/N-ethyl adjacent to an activating group) is 5. The van der Waals surface area contributed by atoms with Crippen molar-refractivity contribution in [3.63, 3.8) is 0 Å². The number of carbonyl (C=O) groups is 7. The Hall–Kier alpha value is -9.40. The maximum Gasteiger partial charge on any atom is 1.00 e. The smallest absolute Gasteiger partial charge is 0.870 e. The molecule has 0 spiro atoms. The Bertz CT molecular complexity index is 4180. The molecule has 6 aromatic rings. The van der Waals surface area contributed by atoms with Crippen LogP contribution in [0.5, 0.6) is 0 Å².